The van der Waals surface area contributed by atoms with E-state index in [4.69, 9.17) is 4.74 Å². The van der Waals surface area contributed by atoms with Crippen LogP contribution in [0.3, 0.4) is 0 Å². The Hall–Kier alpha value is -2.29. The normalized spacial score (nSPS) is 21.3. The minimum absolute atomic E-state index is 0.623. The lowest BCUT2D eigenvalue weighted by Crippen LogP contribution is -3.27. The maximum absolute atomic E-state index is 5.42. The molecule has 0 aliphatic carbocycles. The summed E-state index contributed by atoms with van der Waals surface area (Å²) in [6, 6.07) is 8.08. The first-order valence-corrected chi connectivity index (χ1v) is 9.38. The monoisotopic (exact) mass is 358 g/mol. The number of aromatic nitrogens is 2. The van der Waals surface area contributed by atoms with Crippen molar-refractivity contribution in [3.05, 3.63) is 30.0 Å². The number of ether oxygens (including phenoxy) is 1. The summed E-state index contributed by atoms with van der Waals surface area (Å²) in [6.45, 7) is 10.2. The fourth-order valence-electron chi connectivity index (χ4n) is 3.48. The van der Waals surface area contributed by atoms with E-state index in [1.807, 2.05) is 25.1 Å². The molecule has 0 saturated carbocycles. The Kier molecular flexibility index (Phi) is 5.24. The Morgan fingerprint density at radius 3 is 2.77 bits per heavy atom. The lowest BCUT2D eigenvalue weighted by atomic mass is 10.2. The van der Waals surface area contributed by atoms with Crippen molar-refractivity contribution in [2.24, 2.45) is 0 Å². The van der Waals surface area contributed by atoms with E-state index in [0.717, 1.165) is 68.7 Å². The van der Waals surface area contributed by atoms with Gasteiger partial charge in [0.25, 0.3) is 5.95 Å². The highest BCUT2D eigenvalue weighted by Crippen LogP contribution is 2.16. The summed E-state index contributed by atoms with van der Waals surface area (Å²) in [7, 11) is 0. The molecule has 8 heteroatoms. The van der Waals surface area contributed by atoms with E-state index in [-0.39, 0.29) is 0 Å². The first-order valence-electron chi connectivity index (χ1n) is 9.38. The summed E-state index contributed by atoms with van der Waals surface area (Å²) >= 11 is 0. The fourth-order valence-corrected chi connectivity index (χ4v) is 3.48. The lowest BCUT2D eigenvalue weighted by Gasteiger charge is -2.26. The lowest BCUT2D eigenvalue weighted by molar-refractivity contribution is -1.01. The first-order chi connectivity index (χ1) is 12.8. The molecule has 0 spiro atoms. The quantitative estimate of drug-likeness (QED) is 0.386. The van der Waals surface area contributed by atoms with Gasteiger partial charge in [-0.1, -0.05) is 18.2 Å². The van der Waals surface area contributed by atoms with Gasteiger partial charge >= 0.3 is 5.96 Å². The van der Waals surface area contributed by atoms with Gasteiger partial charge in [0, 0.05) is 5.39 Å². The predicted molar refractivity (Wildman–Crippen MR) is 98.9 cm³/mol. The van der Waals surface area contributed by atoms with E-state index >= 15 is 0 Å². The number of morpholine rings is 1. The average Bonchev–Trinajstić information content (AvgIpc) is 2.68. The molecule has 2 aromatic rings. The van der Waals surface area contributed by atoms with Crippen molar-refractivity contribution >= 4 is 22.8 Å². The summed E-state index contributed by atoms with van der Waals surface area (Å²) in [4.78, 5) is 15.7. The van der Waals surface area contributed by atoms with Gasteiger partial charge < -0.3 is 9.64 Å². The van der Waals surface area contributed by atoms with Crippen molar-refractivity contribution in [2.45, 2.75) is 6.92 Å². The molecule has 138 valence electrons. The van der Waals surface area contributed by atoms with Crippen LogP contribution in [0.25, 0.3) is 10.9 Å². The van der Waals surface area contributed by atoms with Crippen LogP contribution in [0.2, 0.25) is 0 Å². The zero-order chi connectivity index (χ0) is 17.8. The van der Waals surface area contributed by atoms with Crippen LogP contribution in [0.15, 0.2) is 24.3 Å². The van der Waals surface area contributed by atoms with Crippen LogP contribution in [0.5, 0.6) is 0 Å². The molecule has 1 saturated heterocycles. The van der Waals surface area contributed by atoms with Gasteiger partial charge in [-0.05, 0) is 13.0 Å². The Bertz CT molecular complexity index is 788. The molecule has 8 nitrogen and oxygen atoms in total. The Morgan fingerprint density at radius 1 is 1.15 bits per heavy atom. The SMILES string of the molecule is Cc1nc(NC2=[NH+]C[NH+](CC[NH+]3CCOCC3)CN2)nc2ccccc12. The third-order valence-corrected chi connectivity index (χ3v) is 5.09. The summed E-state index contributed by atoms with van der Waals surface area (Å²) in [5, 5.41) is 7.78. The number of hydrogen-bond donors (Lipinski definition) is 5. The number of anilines is 1. The Morgan fingerprint density at radius 2 is 1.96 bits per heavy atom. The van der Waals surface area contributed by atoms with Crippen molar-refractivity contribution in [3.63, 3.8) is 0 Å². The summed E-state index contributed by atoms with van der Waals surface area (Å²) in [5.41, 5.74) is 1.94. The summed E-state index contributed by atoms with van der Waals surface area (Å²) in [6.07, 6.45) is 0. The zero-order valence-electron chi connectivity index (χ0n) is 15.3. The van der Waals surface area contributed by atoms with E-state index in [1.54, 1.807) is 4.90 Å². The molecule has 4 rings (SSSR count). The third kappa shape index (κ3) is 4.09. The second kappa shape index (κ2) is 7.94. The molecule has 3 heterocycles. The molecule has 2 aliphatic heterocycles. The summed E-state index contributed by atoms with van der Waals surface area (Å²) < 4.78 is 5.42. The van der Waals surface area contributed by atoms with Crippen LogP contribution < -0.4 is 25.4 Å². The molecule has 2 aliphatic rings. The zero-order valence-corrected chi connectivity index (χ0v) is 15.3. The minimum atomic E-state index is 0.623. The van der Waals surface area contributed by atoms with E-state index in [9.17, 15) is 0 Å². The second-order valence-corrected chi connectivity index (χ2v) is 6.97. The number of para-hydroxylation sites is 1. The maximum Gasteiger partial charge on any atom is 0.359 e. The van der Waals surface area contributed by atoms with Crippen LogP contribution in [0, 0.1) is 6.92 Å². The predicted octanol–water partition coefficient (Wildman–Crippen LogP) is -3.90. The highest BCUT2D eigenvalue weighted by atomic mass is 16.5. The van der Waals surface area contributed by atoms with Gasteiger partial charge in [-0.15, -0.1) is 0 Å². The first kappa shape index (κ1) is 17.1. The minimum Gasteiger partial charge on any atom is -0.370 e. The largest absolute Gasteiger partial charge is 0.370 e. The number of aryl methyl sites for hydroxylation is 1. The van der Waals surface area contributed by atoms with Gasteiger partial charge in [-0.2, -0.15) is 4.98 Å². The molecule has 1 atom stereocenters. The van der Waals surface area contributed by atoms with E-state index in [0.29, 0.717) is 5.95 Å². The van der Waals surface area contributed by atoms with Crippen LogP contribution in [0.4, 0.5) is 5.95 Å². The number of rotatable bonds is 4. The van der Waals surface area contributed by atoms with Crippen LogP contribution >= 0.6 is 0 Å². The van der Waals surface area contributed by atoms with Crippen molar-refractivity contribution in [2.75, 3.05) is 58.0 Å². The van der Waals surface area contributed by atoms with Crippen molar-refractivity contribution in [1.82, 2.24) is 15.3 Å². The van der Waals surface area contributed by atoms with Crippen LogP contribution in [0.1, 0.15) is 5.69 Å². The number of fused-ring (bicyclic) bond motifs is 1. The molecule has 5 N–H and O–H groups in total. The van der Waals surface area contributed by atoms with Gasteiger partial charge in [0.1, 0.15) is 26.2 Å². The van der Waals surface area contributed by atoms with Gasteiger partial charge in [-0.25, -0.2) is 20.6 Å². The standard InChI is InChI=1S/C18H25N7O/c1-14-15-4-2-3-5-16(15)22-18(21-14)23-17-19-12-25(13-20-17)7-6-24-8-10-26-11-9-24/h2-5H,6-13H2,1H3,(H2,19,20,21,22,23)/p+3. The number of guanidine groups is 1. The number of hydrogen-bond acceptors (Lipinski definition) is 5. The molecule has 1 unspecified atom stereocenters. The van der Waals surface area contributed by atoms with Crippen LogP contribution in [-0.2, 0) is 4.74 Å². The number of nitrogens with one attached hydrogen (secondary N) is 5. The molecule has 1 aromatic carbocycles. The average molecular weight is 358 g/mol. The van der Waals surface area contributed by atoms with E-state index in [2.05, 4.69) is 31.7 Å². The van der Waals surface area contributed by atoms with Gasteiger partial charge in [-0.3, -0.25) is 4.90 Å². The third-order valence-electron chi connectivity index (χ3n) is 5.09. The van der Waals surface area contributed by atoms with Gasteiger partial charge in [0.2, 0.25) is 0 Å². The molecule has 1 fully saturated rings. The smallest absolute Gasteiger partial charge is 0.359 e. The van der Waals surface area contributed by atoms with Gasteiger partial charge in [0.05, 0.1) is 24.4 Å². The highest BCUT2D eigenvalue weighted by molar-refractivity contribution is 5.89. The molecule has 1 aromatic heterocycles. The number of nitrogens with zero attached hydrogens (tertiary/aromatic N) is 2. The second-order valence-electron chi connectivity index (χ2n) is 6.97. The summed E-state index contributed by atoms with van der Waals surface area (Å²) in [5.74, 6) is 1.50. The van der Waals surface area contributed by atoms with Crippen molar-refractivity contribution in [3.8, 4) is 0 Å². The molecular weight excluding hydrogens is 330 g/mol. The van der Waals surface area contributed by atoms with Crippen molar-refractivity contribution < 1.29 is 19.5 Å². The van der Waals surface area contributed by atoms with Gasteiger partial charge in [0.15, 0.2) is 13.3 Å². The van der Waals surface area contributed by atoms with Crippen molar-refractivity contribution in [1.29, 1.82) is 0 Å². The maximum atomic E-state index is 5.42. The molecule has 26 heavy (non-hydrogen) atoms. The highest BCUT2D eigenvalue weighted by Gasteiger charge is 2.23. The Labute approximate surface area is 153 Å². The molecule has 0 amide bonds. The molecular formula is C18H28N7O+3. The van der Waals surface area contributed by atoms with Crippen LogP contribution in [-0.4, -0.2) is 68.7 Å². The van der Waals surface area contributed by atoms with E-state index in [1.165, 1.54) is 11.4 Å². The topological polar surface area (TPSA) is 81.9 Å². The molecule has 0 bridgehead atoms. The fraction of sp³-hybridized carbons (Fsp3) is 0.500. The number of quaternary nitrogens is 2. The molecule has 0 radical (unpaired) electrons. The van der Waals surface area contributed by atoms with E-state index < -0.39 is 0 Å². The number of benzene rings is 1. The Balaban J connectivity index is 1.33.